The Morgan fingerprint density at radius 2 is 2.21 bits per heavy atom. The molecule has 0 unspecified atom stereocenters. The summed E-state index contributed by atoms with van der Waals surface area (Å²) >= 11 is 3.14. The first kappa shape index (κ1) is 11.7. The van der Waals surface area contributed by atoms with Crippen LogP contribution in [-0.4, -0.2) is 16.5 Å². The molecule has 0 aliphatic rings. The first-order chi connectivity index (χ1) is 6.39. The Labute approximate surface area is 93.1 Å². The van der Waals surface area contributed by atoms with Crippen LogP contribution in [-0.2, 0) is 4.79 Å². The van der Waals surface area contributed by atoms with Crippen molar-refractivity contribution in [2.75, 3.05) is 5.75 Å². The van der Waals surface area contributed by atoms with E-state index in [1.807, 2.05) is 33.1 Å². The van der Waals surface area contributed by atoms with E-state index in [1.165, 1.54) is 11.8 Å². The number of aromatic nitrogens is 1. The molecular weight excluding hydrogens is 214 g/mol. The van der Waals surface area contributed by atoms with Crippen LogP contribution in [0.1, 0.15) is 26.5 Å². The van der Waals surface area contributed by atoms with E-state index in [-0.39, 0.29) is 11.2 Å². The van der Waals surface area contributed by atoms with Crippen molar-refractivity contribution < 1.29 is 4.79 Å². The average Bonchev–Trinajstić information content (AvgIpc) is 2.45. The zero-order valence-electron chi connectivity index (χ0n) is 8.96. The molecule has 1 aromatic heterocycles. The second kappa shape index (κ2) is 4.45. The Morgan fingerprint density at radius 1 is 1.57 bits per heavy atom. The van der Waals surface area contributed by atoms with Gasteiger partial charge in [0.05, 0.1) is 5.75 Å². The fraction of sp³-hybridized carbons (Fsp3) is 0.600. The van der Waals surface area contributed by atoms with Gasteiger partial charge in [0.1, 0.15) is 5.78 Å². The molecule has 0 bridgehead atoms. The maximum absolute atomic E-state index is 11.6. The molecule has 1 rings (SSSR count). The molecule has 0 N–H and O–H groups in total. The molecule has 78 valence electrons. The maximum atomic E-state index is 11.6. The number of Topliss-reactive ketones (excluding diaryl/α,β-unsaturated/α-hetero) is 1. The number of rotatable bonds is 3. The minimum atomic E-state index is -0.237. The molecule has 0 aliphatic heterocycles. The third-order valence-electron chi connectivity index (χ3n) is 1.76. The summed E-state index contributed by atoms with van der Waals surface area (Å²) in [4.78, 5) is 15.9. The normalized spacial score (nSPS) is 11.7. The minimum Gasteiger partial charge on any atom is -0.298 e. The predicted molar refractivity (Wildman–Crippen MR) is 62.0 cm³/mol. The second-order valence-corrected chi connectivity index (χ2v) is 6.30. The van der Waals surface area contributed by atoms with Gasteiger partial charge in [-0.25, -0.2) is 4.98 Å². The van der Waals surface area contributed by atoms with Gasteiger partial charge in [-0.15, -0.1) is 11.3 Å². The molecule has 0 radical (unpaired) electrons. The minimum absolute atomic E-state index is 0.237. The smallest absolute Gasteiger partial charge is 0.150 e. The van der Waals surface area contributed by atoms with Gasteiger partial charge in [-0.1, -0.05) is 32.5 Å². The number of carbonyl (C=O) groups excluding carboxylic acids is 1. The summed E-state index contributed by atoms with van der Waals surface area (Å²) in [6, 6.07) is 0. The fourth-order valence-corrected chi connectivity index (χ4v) is 2.75. The van der Waals surface area contributed by atoms with Crippen LogP contribution >= 0.6 is 23.1 Å². The summed E-state index contributed by atoms with van der Waals surface area (Å²) in [5.41, 5.74) is 0.792. The first-order valence-electron chi connectivity index (χ1n) is 4.48. The molecule has 0 aliphatic carbocycles. The van der Waals surface area contributed by atoms with Crippen LogP contribution in [0.15, 0.2) is 9.72 Å². The maximum Gasteiger partial charge on any atom is 0.150 e. The highest BCUT2D eigenvalue weighted by Gasteiger charge is 2.21. The van der Waals surface area contributed by atoms with Crippen LogP contribution < -0.4 is 0 Å². The van der Waals surface area contributed by atoms with E-state index in [1.54, 1.807) is 11.3 Å². The molecule has 4 heteroatoms. The second-order valence-electron chi connectivity index (χ2n) is 4.22. The summed E-state index contributed by atoms with van der Waals surface area (Å²) < 4.78 is 0.986. The number of hydrogen-bond acceptors (Lipinski definition) is 4. The predicted octanol–water partition coefficient (Wildman–Crippen LogP) is 3.16. The van der Waals surface area contributed by atoms with E-state index in [0.29, 0.717) is 5.75 Å². The van der Waals surface area contributed by atoms with Crippen LogP contribution in [0.5, 0.6) is 0 Å². The van der Waals surface area contributed by atoms with Crippen LogP contribution in [0, 0.1) is 12.3 Å². The molecule has 0 saturated carbocycles. The molecule has 0 fully saturated rings. The Balaban J connectivity index is 2.46. The molecular formula is C10H15NOS2. The number of ketones is 1. The van der Waals surface area contributed by atoms with Crippen molar-refractivity contribution in [1.29, 1.82) is 0 Å². The largest absolute Gasteiger partial charge is 0.298 e. The molecule has 14 heavy (non-hydrogen) atoms. The van der Waals surface area contributed by atoms with E-state index in [4.69, 9.17) is 0 Å². The number of aryl methyl sites for hydroxylation is 1. The lowest BCUT2D eigenvalue weighted by atomic mass is 9.92. The van der Waals surface area contributed by atoms with E-state index < -0.39 is 0 Å². The highest BCUT2D eigenvalue weighted by atomic mass is 32.2. The lowest BCUT2D eigenvalue weighted by Gasteiger charge is -2.15. The van der Waals surface area contributed by atoms with Gasteiger partial charge in [0.2, 0.25) is 0 Å². The molecule has 0 aromatic carbocycles. The van der Waals surface area contributed by atoms with Crippen LogP contribution in [0.4, 0.5) is 0 Å². The van der Waals surface area contributed by atoms with Crippen molar-refractivity contribution in [3.05, 3.63) is 11.1 Å². The van der Waals surface area contributed by atoms with Crippen molar-refractivity contribution in [1.82, 2.24) is 4.98 Å². The summed E-state index contributed by atoms with van der Waals surface area (Å²) in [5.74, 6) is 0.798. The molecule has 1 aromatic rings. The van der Waals surface area contributed by atoms with Crippen LogP contribution in [0.25, 0.3) is 0 Å². The molecule has 0 atom stereocenters. The molecule has 2 nitrogen and oxygen atoms in total. The molecule has 0 saturated heterocycles. The van der Waals surface area contributed by atoms with Crippen LogP contribution in [0.3, 0.4) is 0 Å². The molecule has 1 heterocycles. The number of thiazole rings is 1. The highest BCUT2D eigenvalue weighted by Crippen LogP contribution is 2.25. The highest BCUT2D eigenvalue weighted by molar-refractivity contribution is 8.01. The number of thioether (sulfide) groups is 1. The number of carbonyl (C=O) groups is 1. The van der Waals surface area contributed by atoms with Gasteiger partial charge in [-0.3, -0.25) is 4.79 Å². The van der Waals surface area contributed by atoms with Crippen molar-refractivity contribution in [3.8, 4) is 0 Å². The lowest BCUT2D eigenvalue weighted by molar-refractivity contribution is -0.123. The van der Waals surface area contributed by atoms with Gasteiger partial charge >= 0.3 is 0 Å². The first-order valence-corrected chi connectivity index (χ1v) is 6.34. The summed E-state index contributed by atoms with van der Waals surface area (Å²) in [5, 5.41) is 2.00. The van der Waals surface area contributed by atoms with Crippen LogP contribution in [0.2, 0.25) is 0 Å². The third-order valence-corrected chi connectivity index (χ3v) is 3.90. The van der Waals surface area contributed by atoms with Crippen molar-refractivity contribution in [3.63, 3.8) is 0 Å². The lowest BCUT2D eigenvalue weighted by Crippen LogP contribution is -2.21. The third kappa shape index (κ3) is 3.42. The Morgan fingerprint density at radius 3 is 2.64 bits per heavy atom. The SMILES string of the molecule is Cc1csc(SCC(=O)C(C)(C)C)n1. The van der Waals surface area contributed by atoms with E-state index >= 15 is 0 Å². The quantitative estimate of drug-likeness (QED) is 0.746. The van der Waals surface area contributed by atoms with Crippen molar-refractivity contribution in [2.45, 2.75) is 32.0 Å². The van der Waals surface area contributed by atoms with Crippen molar-refractivity contribution >= 4 is 28.9 Å². The Kier molecular flexibility index (Phi) is 3.72. The monoisotopic (exact) mass is 229 g/mol. The van der Waals surface area contributed by atoms with Crippen molar-refractivity contribution in [2.24, 2.45) is 5.41 Å². The van der Waals surface area contributed by atoms with Gasteiger partial charge < -0.3 is 0 Å². The fourth-order valence-electron chi connectivity index (χ4n) is 0.742. The number of hydrogen-bond donors (Lipinski definition) is 0. The van der Waals surface area contributed by atoms with Gasteiger partial charge in [0.15, 0.2) is 4.34 Å². The van der Waals surface area contributed by atoms with E-state index in [0.717, 1.165) is 10.0 Å². The van der Waals surface area contributed by atoms with Gasteiger partial charge in [0, 0.05) is 16.5 Å². The van der Waals surface area contributed by atoms with Gasteiger partial charge in [-0.05, 0) is 6.92 Å². The number of nitrogens with zero attached hydrogens (tertiary/aromatic N) is 1. The van der Waals surface area contributed by atoms with Gasteiger partial charge in [-0.2, -0.15) is 0 Å². The molecule has 0 spiro atoms. The zero-order valence-corrected chi connectivity index (χ0v) is 10.6. The standard InChI is InChI=1S/C10H15NOS2/c1-7-5-13-9(11-7)14-6-8(12)10(2,3)4/h5H,6H2,1-4H3. The van der Waals surface area contributed by atoms with Gasteiger partial charge in [0.25, 0.3) is 0 Å². The molecule has 0 amide bonds. The average molecular weight is 229 g/mol. The summed E-state index contributed by atoms with van der Waals surface area (Å²) in [6.07, 6.45) is 0. The summed E-state index contributed by atoms with van der Waals surface area (Å²) in [6.45, 7) is 7.81. The topological polar surface area (TPSA) is 30.0 Å². The zero-order chi connectivity index (χ0) is 10.8. The Bertz CT molecular complexity index is 325. The summed E-state index contributed by atoms with van der Waals surface area (Å²) in [7, 11) is 0. The Hall–Kier alpha value is -0.350. The van der Waals surface area contributed by atoms with E-state index in [2.05, 4.69) is 4.98 Å². The van der Waals surface area contributed by atoms with E-state index in [9.17, 15) is 4.79 Å².